The third-order valence-electron chi connectivity index (χ3n) is 4.08. The van der Waals surface area contributed by atoms with E-state index in [-0.39, 0.29) is 6.61 Å². The minimum absolute atomic E-state index is 0.232. The molecule has 0 unspecified atom stereocenters. The van der Waals surface area contributed by atoms with Gasteiger partial charge in [-0.15, -0.1) is 0 Å². The Morgan fingerprint density at radius 1 is 1.26 bits per heavy atom. The Hall–Kier alpha value is -0.410. The topological polar surface area (TPSA) is 87.9 Å². The highest BCUT2D eigenvalue weighted by molar-refractivity contribution is 7.84. The van der Waals surface area contributed by atoms with Gasteiger partial charge in [0.15, 0.2) is 5.79 Å². The number of benzene rings is 1. The minimum atomic E-state index is -4.06. The Morgan fingerprint density at radius 2 is 1.96 bits per heavy atom. The van der Waals surface area contributed by atoms with E-state index in [1.807, 2.05) is 0 Å². The second-order valence-electron chi connectivity index (χ2n) is 5.76. The smallest absolute Gasteiger partial charge is 0.333 e. The van der Waals surface area contributed by atoms with Crippen LogP contribution < -0.4 is 5.14 Å². The van der Waals surface area contributed by atoms with Crippen molar-refractivity contribution in [3.63, 3.8) is 0 Å². The molecule has 0 amide bonds. The molecule has 0 bridgehead atoms. The van der Waals surface area contributed by atoms with Crippen molar-refractivity contribution < 1.29 is 22.1 Å². The lowest BCUT2D eigenvalue weighted by atomic mass is 10.1. The molecule has 1 heterocycles. The average molecular weight is 382 g/mol. The largest absolute Gasteiger partial charge is 0.341 e. The van der Waals surface area contributed by atoms with E-state index in [2.05, 4.69) is 0 Å². The Labute approximate surface area is 145 Å². The van der Waals surface area contributed by atoms with Crippen LogP contribution in [0.4, 0.5) is 0 Å². The summed E-state index contributed by atoms with van der Waals surface area (Å²) in [7, 11) is -4.06. The van der Waals surface area contributed by atoms with Crippen molar-refractivity contribution in [3.05, 3.63) is 33.8 Å². The maximum atomic E-state index is 11.1. The minimum Gasteiger partial charge on any atom is -0.341 e. The van der Waals surface area contributed by atoms with Gasteiger partial charge in [-0.1, -0.05) is 29.3 Å². The molecule has 0 radical (unpaired) electrons. The van der Waals surface area contributed by atoms with Crippen LogP contribution in [0.25, 0.3) is 0 Å². The first-order valence-corrected chi connectivity index (χ1v) is 9.48. The molecule has 1 saturated carbocycles. The van der Waals surface area contributed by atoms with Gasteiger partial charge < -0.3 is 9.47 Å². The second kappa shape index (κ2) is 6.48. The van der Waals surface area contributed by atoms with Gasteiger partial charge >= 0.3 is 10.3 Å². The molecule has 2 atom stereocenters. The van der Waals surface area contributed by atoms with Crippen LogP contribution in [-0.2, 0) is 24.0 Å². The molecule has 23 heavy (non-hydrogen) atoms. The SMILES string of the molecule is NS(=O)(=O)OC[C@@H]1OC2(CCCC2)O[C@H]1c1ccc(Cl)cc1Cl. The average Bonchev–Trinajstić information content (AvgIpc) is 3.04. The van der Waals surface area contributed by atoms with Gasteiger partial charge in [0.1, 0.15) is 12.2 Å². The maximum Gasteiger partial charge on any atom is 0.333 e. The van der Waals surface area contributed by atoms with E-state index in [9.17, 15) is 8.42 Å². The van der Waals surface area contributed by atoms with Crippen molar-refractivity contribution in [1.29, 1.82) is 0 Å². The number of halogens is 2. The van der Waals surface area contributed by atoms with Crippen LogP contribution in [0.2, 0.25) is 10.0 Å². The molecule has 2 aliphatic rings. The second-order valence-corrected chi connectivity index (χ2v) is 7.82. The van der Waals surface area contributed by atoms with Gasteiger partial charge in [0.2, 0.25) is 0 Å². The van der Waals surface area contributed by atoms with Crippen molar-refractivity contribution >= 4 is 33.5 Å². The van der Waals surface area contributed by atoms with Crippen LogP contribution in [0.3, 0.4) is 0 Å². The highest BCUT2D eigenvalue weighted by Crippen LogP contribution is 2.48. The zero-order valence-electron chi connectivity index (χ0n) is 12.2. The number of rotatable bonds is 4. The molecule has 0 aromatic heterocycles. The Kier molecular flexibility index (Phi) is 4.90. The summed E-state index contributed by atoms with van der Waals surface area (Å²) in [5, 5.41) is 5.84. The lowest BCUT2D eigenvalue weighted by Gasteiger charge is -2.22. The fourth-order valence-corrected chi connectivity index (χ4v) is 3.94. The number of hydrogen-bond acceptors (Lipinski definition) is 5. The van der Waals surface area contributed by atoms with Crippen LogP contribution in [0.1, 0.15) is 37.4 Å². The van der Waals surface area contributed by atoms with E-state index in [1.54, 1.807) is 18.2 Å². The molecule has 1 aromatic carbocycles. The predicted molar refractivity (Wildman–Crippen MR) is 85.4 cm³/mol. The molecule has 1 aromatic rings. The van der Waals surface area contributed by atoms with Gasteiger partial charge in [-0.2, -0.15) is 8.42 Å². The molecule has 6 nitrogen and oxygen atoms in total. The summed E-state index contributed by atoms with van der Waals surface area (Å²) < 4.78 is 39.0. The Balaban J connectivity index is 1.87. The highest BCUT2D eigenvalue weighted by atomic mass is 35.5. The molecule has 2 N–H and O–H groups in total. The van der Waals surface area contributed by atoms with E-state index < -0.39 is 28.3 Å². The number of nitrogens with two attached hydrogens (primary N) is 1. The third kappa shape index (κ3) is 3.99. The van der Waals surface area contributed by atoms with Gasteiger partial charge in [-0.25, -0.2) is 5.14 Å². The van der Waals surface area contributed by atoms with Crippen molar-refractivity contribution in [2.45, 2.75) is 43.7 Å². The maximum absolute atomic E-state index is 11.1. The number of ether oxygens (including phenoxy) is 2. The molecule has 128 valence electrons. The van der Waals surface area contributed by atoms with Crippen LogP contribution in [0.5, 0.6) is 0 Å². The fourth-order valence-electron chi connectivity index (χ4n) is 3.10. The van der Waals surface area contributed by atoms with Crippen molar-refractivity contribution in [2.24, 2.45) is 5.14 Å². The fraction of sp³-hybridized carbons (Fsp3) is 0.571. The van der Waals surface area contributed by atoms with E-state index >= 15 is 0 Å². The first-order valence-electron chi connectivity index (χ1n) is 7.26. The zero-order valence-corrected chi connectivity index (χ0v) is 14.5. The first-order chi connectivity index (χ1) is 10.8. The summed E-state index contributed by atoms with van der Waals surface area (Å²) >= 11 is 12.2. The van der Waals surface area contributed by atoms with Gasteiger partial charge in [0.05, 0.1) is 6.61 Å². The lowest BCUT2D eigenvalue weighted by Crippen LogP contribution is -2.29. The van der Waals surface area contributed by atoms with Gasteiger partial charge in [-0.3, -0.25) is 4.18 Å². The lowest BCUT2D eigenvalue weighted by molar-refractivity contribution is -0.171. The Bertz CT molecular complexity index is 690. The summed E-state index contributed by atoms with van der Waals surface area (Å²) in [6.45, 7) is -0.232. The van der Waals surface area contributed by atoms with Gasteiger partial charge in [0, 0.05) is 28.5 Å². The van der Waals surface area contributed by atoms with Crippen LogP contribution >= 0.6 is 23.2 Å². The summed E-state index contributed by atoms with van der Waals surface area (Å²) in [4.78, 5) is 0. The van der Waals surface area contributed by atoms with E-state index in [0.717, 1.165) is 25.7 Å². The monoisotopic (exact) mass is 381 g/mol. The quantitative estimate of drug-likeness (QED) is 0.865. The highest BCUT2D eigenvalue weighted by Gasteiger charge is 2.50. The van der Waals surface area contributed by atoms with Crippen molar-refractivity contribution in [2.75, 3.05) is 6.61 Å². The predicted octanol–water partition coefficient (Wildman–Crippen LogP) is 2.94. The third-order valence-corrected chi connectivity index (χ3v) is 5.10. The van der Waals surface area contributed by atoms with Crippen LogP contribution in [0, 0.1) is 0 Å². The summed E-state index contributed by atoms with van der Waals surface area (Å²) in [5.74, 6) is -0.708. The summed E-state index contributed by atoms with van der Waals surface area (Å²) in [6, 6.07) is 5.05. The molecule has 1 aliphatic carbocycles. The van der Waals surface area contributed by atoms with Crippen molar-refractivity contribution in [1.82, 2.24) is 0 Å². The molecule has 1 aliphatic heterocycles. The Morgan fingerprint density at radius 3 is 2.57 bits per heavy atom. The molecule has 1 saturated heterocycles. The molecule has 9 heteroatoms. The normalized spacial score (nSPS) is 26.9. The summed E-state index contributed by atoms with van der Waals surface area (Å²) in [5.41, 5.74) is 0.683. The standard InChI is InChI=1S/C14H17Cl2NO5S/c15-9-3-4-10(11(16)7-9)13-12(8-20-23(17,18)19)21-14(22-13)5-1-2-6-14/h3-4,7,12-13H,1-2,5-6,8H2,(H2,17,18,19)/t12-,13-/m0/s1. The van der Waals surface area contributed by atoms with E-state index in [4.69, 9.17) is 42.0 Å². The first kappa shape index (κ1) is 17.4. The van der Waals surface area contributed by atoms with E-state index in [1.165, 1.54) is 0 Å². The molecule has 1 spiro atoms. The van der Waals surface area contributed by atoms with E-state index in [0.29, 0.717) is 15.6 Å². The van der Waals surface area contributed by atoms with Crippen LogP contribution in [0.15, 0.2) is 18.2 Å². The van der Waals surface area contributed by atoms with Crippen molar-refractivity contribution in [3.8, 4) is 0 Å². The zero-order chi connectivity index (χ0) is 16.7. The van der Waals surface area contributed by atoms with Gasteiger partial charge in [-0.05, 0) is 25.0 Å². The molecular weight excluding hydrogens is 365 g/mol. The molecule has 2 fully saturated rings. The van der Waals surface area contributed by atoms with Gasteiger partial charge in [0.25, 0.3) is 0 Å². The molecular formula is C14H17Cl2NO5S. The number of hydrogen-bond donors (Lipinski definition) is 1. The molecule has 3 rings (SSSR count). The van der Waals surface area contributed by atoms with Crippen LogP contribution in [-0.4, -0.2) is 26.9 Å². The summed E-state index contributed by atoms with van der Waals surface area (Å²) in [6.07, 6.45) is 2.32.